The van der Waals surface area contributed by atoms with Crippen LogP contribution in [0.5, 0.6) is 5.75 Å². The van der Waals surface area contributed by atoms with Crippen LogP contribution in [0.15, 0.2) is 10.7 Å². The van der Waals surface area contributed by atoms with E-state index in [1.54, 1.807) is 0 Å². The van der Waals surface area contributed by atoms with E-state index in [9.17, 15) is 0 Å². The van der Waals surface area contributed by atoms with Crippen LogP contribution >= 0.6 is 15.9 Å². The van der Waals surface area contributed by atoms with Crippen LogP contribution in [-0.4, -0.2) is 37.9 Å². The normalized spacial score (nSPS) is 21.7. The Labute approximate surface area is 122 Å². The van der Waals surface area contributed by atoms with Crippen LogP contribution in [-0.2, 0) is 10.2 Å². The van der Waals surface area contributed by atoms with E-state index in [-0.39, 0.29) is 5.41 Å². The molecule has 0 radical (unpaired) electrons. The lowest BCUT2D eigenvalue weighted by Crippen LogP contribution is -2.38. The Balaban J connectivity index is 2.07. The second-order valence-electron chi connectivity index (χ2n) is 5.72. The van der Waals surface area contributed by atoms with E-state index in [1.807, 2.05) is 6.20 Å². The van der Waals surface area contributed by atoms with Crippen molar-refractivity contribution in [2.75, 3.05) is 37.8 Å². The first-order valence-electron chi connectivity index (χ1n) is 6.74. The Morgan fingerprint density at radius 2 is 2.00 bits per heavy atom. The largest absolute Gasteiger partial charge is 0.489 e. The Morgan fingerprint density at radius 1 is 1.26 bits per heavy atom. The first-order chi connectivity index (χ1) is 9.09. The summed E-state index contributed by atoms with van der Waals surface area (Å²) >= 11 is 3.63. The van der Waals surface area contributed by atoms with Gasteiger partial charge in [0, 0.05) is 29.3 Å². The summed E-state index contributed by atoms with van der Waals surface area (Å²) in [6.45, 7) is 8.57. The molecule has 0 amide bonds. The number of nitrogens with zero attached hydrogens (tertiary/aromatic N) is 2. The molecule has 19 heavy (non-hydrogen) atoms. The highest BCUT2D eigenvalue weighted by molar-refractivity contribution is 9.10. The van der Waals surface area contributed by atoms with Gasteiger partial charge in [0.2, 0.25) is 0 Å². The maximum atomic E-state index is 5.95. The van der Waals surface area contributed by atoms with Gasteiger partial charge in [-0.25, -0.2) is 4.98 Å². The second-order valence-corrected chi connectivity index (χ2v) is 6.57. The molecule has 0 aliphatic carbocycles. The lowest BCUT2D eigenvalue weighted by Gasteiger charge is -2.37. The quantitative estimate of drug-likeness (QED) is 0.794. The number of anilines is 1. The molecule has 0 bridgehead atoms. The average molecular weight is 327 g/mol. The molecule has 1 saturated heterocycles. The SMILES string of the molecule is CC1(C)CCOc2c(N3CCOCC3)ncc(Br)c21. The topological polar surface area (TPSA) is 34.6 Å². The molecule has 3 heterocycles. The smallest absolute Gasteiger partial charge is 0.171 e. The van der Waals surface area contributed by atoms with E-state index in [0.29, 0.717) is 0 Å². The summed E-state index contributed by atoms with van der Waals surface area (Å²) in [5, 5.41) is 0. The van der Waals surface area contributed by atoms with E-state index >= 15 is 0 Å². The van der Waals surface area contributed by atoms with Gasteiger partial charge in [0.25, 0.3) is 0 Å². The Bertz CT molecular complexity index is 485. The average Bonchev–Trinajstić information content (AvgIpc) is 2.39. The first kappa shape index (κ1) is 13.2. The molecule has 0 aromatic carbocycles. The maximum Gasteiger partial charge on any atom is 0.171 e. The molecule has 0 spiro atoms. The van der Waals surface area contributed by atoms with Gasteiger partial charge in [-0.05, 0) is 27.8 Å². The molecule has 4 nitrogen and oxygen atoms in total. The van der Waals surface area contributed by atoms with E-state index in [4.69, 9.17) is 9.47 Å². The molecule has 5 heteroatoms. The maximum absolute atomic E-state index is 5.95. The highest BCUT2D eigenvalue weighted by Crippen LogP contribution is 2.46. The van der Waals surface area contributed by atoms with Crippen molar-refractivity contribution in [3.63, 3.8) is 0 Å². The second kappa shape index (κ2) is 4.94. The van der Waals surface area contributed by atoms with Crippen LogP contribution in [0.4, 0.5) is 5.82 Å². The number of ether oxygens (including phenoxy) is 2. The molecule has 0 saturated carbocycles. The number of aromatic nitrogens is 1. The predicted molar refractivity (Wildman–Crippen MR) is 78.1 cm³/mol. The molecular formula is C14H19BrN2O2. The zero-order valence-electron chi connectivity index (χ0n) is 11.4. The minimum Gasteiger partial charge on any atom is -0.489 e. The molecular weight excluding hydrogens is 308 g/mol. The molecule has 0 N–H and O–H groups in total. The summed E-state index contributed by atoms with van der Waals surface area (Å²) in [7, 11) is 0. The van der Waals surface area contributed by atoms with Gasteiger partial charge in [0.1, 0.15) is 0 Å². The van der Waals surface area contributed by atoms with Gasteiger partial charge in [-0.15, -0.1) is 0 Å². The zero-order valence-corrected chi connectivity index (χ0v) is 13.0. The molecule has 3 rings (SSSR count). The number of morpholine rings is 1. The molecule has 2 aliphatic heterocycles. The van der Waals surface area contributed by atoms with Crippen molar-refractivity contribution in [2.45, 2.75) is 25.7 Å². The molecule has 104 valence electrons. The minimum absolute atomic E-state index is 0.121. The zero-order chi connectivity index (χ0) is 13.5. The van der Waals surface area contributed by atoms with Gasteiger partial charge in [0.05, 0.1) is 19.8 Å². The van der Waals surface area contributed by atoms with Gasteiger partial charge in [-0.3, -0.25) is 0 Å². The van der Waals surface area contributed by atoms with Crippen LogP contribution in [0.2, 0.25) is 0 Å². The third-order valence-corrected chi connectivity index (χ3v) is 4.53. The Kier molecular flexibility index (Phi) is 3.43. The number of hydrogen-bond acceptors (Lipinski definition) is 4. The third-order valence-electron chi connectivity index (χ3n) is 3.93. The van der Waals surface area contributed by atoms with Gasteiger partial charge < -0.3 is 14.4 Å². The van der Waals surface area contributed by atoms with E-state index < -0.39 is 0 Å². The molecule has 0 atom stereocenters. The summed E-state index contributed by atoms with van der Waals surface area (Å²) in [6, 6.07) is 0. The van der Waals surface area contributed by atoms with Crippen molar-refractivity contribution in [2.24, 2.45) is 0 Å². The Morgan fingerprint density at radius 3 is 2.74 bits per heavy atom. The van der Waals surface area contributed by atoms with Gasteiger partial charge >= 0.3 is 0 Å². The first-order valence-corrected chi connectivity index (χ1v) is 7.53. The molecule has 2 aliphatic rings. The standard InChI is InChI=1S/C14H19BrN2O2/c1-14(2)3-6-19-12-11(14)10(15)9-16-13(12)17-4-7-18-8-5-17/h9H,3-8H2,1-2H3. The number of fused-ring (bicyclic) bond motifs is 1. The lowest BCUT2D eigenvalue weighted by atomic mass is 9.80. The predicted octanol–water partition coefficient (Wildman–Crippen LogP) is 2.74. The van der Waals surface area contributed by atoms with Crippen LogP contribution in [0.1, 0.15) is 25.8 Å². The van der Waals surface area contributed by atoms with E-state index in [2.05, 4.69) is 39.7 Å². The van der Waals surface area contributed by atoms with Crippen LogP contribution < -0.4 is 9.64 Å². The highest BCUT2D eigenvalue weighted by Gasteiger charge is 2.34. The van der Waals surface area contributed by atoms with Gasteiger partial charge in [0.15, 0.2) is 11.6 Å². The van der Waals surface area contributed by atoms with Gasteiger partial charge in [-0.1, -0.05) is 13.8 Å². The summed E-state index contributed by atoms with van der Waals surface area (Å²) in [4.78, 5) is 6.84. The highest BCUT2D eigenvalue weighted by atomic mass is 79.9. The summed E-state index contributed by atoms with van der Waals surface area (Å²) < 4.78 is 12.4. The fourth-order valence-electron chi connectivity index (χ4n) is 2.76. The van der Waals surface area contributed by atoms with Crippen LogP contribution in [0.25, 0.3) is 0 Å². The van der Waals surface area contributed by atoms with Gasteiger partial charge in [-0.2, -0.15) is 0 Å². The Hall–Kier alpha value is -0.810. The van der Waals surface area contributed by atoms with Crippen molar-refractivity contribution in [3.05, 3.63) is 16.2 Å². The minimum atomic E-state index is 0.121. The monoisotopic (exact) mass is 326 g/mol. The number of halogens is 1. The number of hydrogen-bond donors (Lipinski definition) is 0. The summed E-state index contributed by atoms with van der Waals surface area (Å²) in [5.41, 5.74) is 1.37. The summed E-state index contributed by atoms with van der Waals surface area (Å²) in [5.74, 6) is 1.92. The number of rotatable bonds is 1. The van der Waals surface area contributed by atoms with Crippen molar-refractivity contribution in [3.8, 4) is 5.75 Å². The van der Waals surface area contributed by atoms with Crippen molar-refractivity contribution in [1.29, 1.82) is 0 Å². The molecule has 1 aromatic rings. The lowest BCUT2D eigenvalue weighted by molar-refractivity contribution is 0.121. The number of pyridine rings is 1. The van der Waals surface area contributed by atoms with E-state index in [1.165, 1.54) is 5.56 Å². The summed E-state index contributed by atoms with van der Waals surface area (Å²) in [6.07, 6.45) is 2.94. The van der Waals surface area contributed by atoms with Crippen molar-refractivity contribution >= 4 is 21.7 Å². The van der Waals surface area contributed by atoms with Crippen LogP contribution in [0.3, 0.4) is 0 Å². The molecule has 1 fully saturated rings. The third kappa shape index (κ3) is 2.34. The molecule has 0 unspecified atom stereocenters. The van der Waals surface area contributed by atoms with Crippen molar-refractivity contribution < 1.29 is 9.47 Å². The fraction of sp³-hybridized carbons (Fsp3) is 0.643. The van der Waals surface area contributed by atoms with Crippen molar-refractivity contribution in [1.82, 2.24) is 4.98 Å². The molecule has 1 aromatic heterocycles. The van der Waals surface area contributed by atoms with Crippen LogP contribution in [0, 0.1) is 0 Å². The van der Waals surface area contributed by atoms with E-state index in [0.717, 1.165) is 55.4 Å². The fourth-order valence-corrected chi connectivity index (χ4v) is 3.58.